The van der Waals surface area contributed by atoms with Crippen molar-refractivity contribution in [3.63, 3.8) is 0 Å². The first-order valence-corrected chi connectivity index (χ1v) is 12.4. The summed E-state index contributed by atoms with van der Waals surface area (Å²) >= 11 is 0. The monoisotopic (exact) mass is 499 g/mol. The molecule has 0 fully saturated rings. The molecular weight excluding hydrogens is 474 g/mol. The largest absolute Gasteiger partial charge is 0.507 e. The van der Waals surface area contributed by atoms with Gasteiger partial charge < -0.3 is 19.1 Å². The Hall–Kier alpha value is -5.03. The van der Waals surface area contributed by atoms with E-state index in [4.69, 9.17) is 9.47 Å². The molecule has 0 aliphatic carbocycles. The molecule has 1 heterocycles. The Morgan fingerprint density at radius 3 is 2.21 bits per heavy atom. The lowest BCUT2D eigenvalue weighted by molar-refractivity contribution is 0.0603. The van der Waals surface area contributed by atoms with E-state index in [0.29, 0.717) is 22.9 Å². The first-order valence-electron chi connectivity index (χ1n) is 12.4. The number of carbonyl (C=O) groups excluding carboxylic acids is 1. The van der Waals surface area contributed by atoms with Crippen LogP contribution in [0.15, 0.2) is 115 Å². The highest BCUT2D eigenvalue weighted by Gasteiger charge is 2.22. The number of ether oxygens (including phenoxy) is 2. The summed E-state index contributed by atoms with van der Waals surface area (Å²) in [6, 6.07) is 36.8. The Labute approximate surface area is 220 Å². The highest BCUT2D eigenvalue weighted by atomic mass is 16.5. The SMILES string of the molecule is COC(=O)c1cccc2c1c1c(O)cc(-c3ccccc3)cc1n2Cc1ccccc1Oc1ccccc1. The number of benzene rings is 5. The molecule has 1 N–H and O–H groups in total. The Morgan fingerprint density at radius 2 is 1.45 bits per heavy atom. The molecule has 0 aliphatic heterocycles. The summed E-state index contributed by atoms with van der Waals surface area (Å²) in [7, 11) is 1.37. The maximum Gasteiger partial charge on any atom is 0.338 e. The van der Waals surface area contributed by atoms with Crippen molar-refractivity contribution in [2.45, 2.75) is 6.54 Å². The van der Waals surface area contributed by atoms with Crippen LogP contribution in [-0.2, 0) is 11.3 Å². The molecule has 0 atom stereocenters. The van der Waals surface area contributed by atoms with Crippen LogP contribution < -0.4 is 4.74 Å². The number of esters is 1. The number of rotatable bonds is 6. The quantitative estimate of drug-likeness (QED) is 0.238. The van der Waals surface area contributed by atoms with Crippen molar-refractivity contribution in [1.29, 1.82) is 0 Å². The lowest BCUT2D eigenvalue weighted by Crippen LogP contribution is -2.03. The number of phenols is 1. The van der Waals surface area contributed by atoms with E-state index in [1.54, 1.807) is 12.1 Å². The first-order chi connectivity index (χ1) is 18.6. The molecule has 0 saturated carbocycles. The van der Waals surface area contributed by atoms with Gasteiger partial charge in [-0.3, -0.25) is 0 Å². The van der Waals surface area contributed by atoms with Gasteiger partial charge in [0.1, 0.15) is 17.2 Å². The number of para-hydroxylation sites is 2. The third kappa shape index (κ3) is 4.14. The number of methoxy groups -OCH3 is 1. The average molecular weight is 500 g/mol. The van der Waals surface area contributed by atoms with Crippen LogP contribution in [0.3, 0.4) is 0 Å². The van der Waals surface area contributed by atoms with Crippen molar-refractivity contribution in [1.82, 2.24) is 4.57 Å². The third-order valence-corrected chi connectivity index (χ3v) is 6.76. The standard InChI is InChI=1S/C33H25NO4/c1-37-33(36)26-16-10-17-27-31(26)32-28(19-24(20-29(32)35)22-11-4-2-5-12-22)34(27)21-23-13-8-9-18-30(23)38-25-14-6-3-7-15-25/h2-20,35H,21H2,1H3. The van der Waals surface area contributed by atoms with Crippen molar-refractivity contribution in [2.75, 3.05) is 7.11 Å². The molecular formula is C33H25NO4. The van der Waals surface area contributed by atoms with E-state index in [0.717, 1.165) is 39.2 Å². The number of aromatic nitrogens is 1. The van der Waals surface area contributed by atoms with Crippen LogP contribution in [0.25, 0.3) is 32.9 Å². The summed E-state index contributed by atoms with van der Waals surface area (Å²) < 4.78 is 13.5. The molecule has 0 bridgehead atoms. The van der Waals surface area contributed by atoms with Crippen molar-refractivity contribution in [3.8, 4) is 28.4 Å². The fourth-order valence-corrected chi connectivity index (χ4v) is 5.01. The highest BCUT2D eigenvalue weighted by molar-refractivity contribution is 6.19. The van der Waals surface area contributed by atoms with Crippen LogP contribution in [0, 0.1) is 0 Å². The summed E-state index contributed by atoms with van der Waals surface area (Å²) in [5, 5.41) is 12.6. The van der Waals surface area contributed by atoms with Crippen LogP contribution >= 0.6 is 0 Å². The molecule has 5 nitrogen and oxygen atoms in total. The highest BCUT2D eigenvalue weighted by Crippen LogP contribution is 2.41. The number of phenolic OH excluding ortho intramolecular Hbond substituents is 1. The van der Waals surface area contributed by atoms with Crippen molar-refractivity contribution in [3.05, 3.63) is 126 Å². The topological polar surface area (TPSA) is 60.7 Å². The van der Waals surface area contributed by atoms with Crippen LogP contribution in [0.2, 0.25) is 0 Å². The lowest BCUT2D eigenvalue weighted by atomic mass is 10.0. The molecule has 0 aliphatic rings. The molecule has 1 aromatic heterocycles. The van der Waals surface area contributed by atoms with Crippen molar-refractivity contribution < 1.29 is 19.4 Å². The van der Waals surface area contributed by atoms with Gasteiger partial charge in [0.15, 0.2) is 0 Å². The van der Waals surface area contributed by atoms with E-state index in [2.05, 4.69) is 10.6 Å². The molecule has 5 aromatic carbocycles. The number of nitrogens with zero attached hydrogens (tertiary/aromatic N) is 1. The Balaban J connectivity index is 1.59. The van der Waals surface area contributed by atoms with Gasteiger partial charge in [-0.15, -0.1) is 0 Å². The van der Waals surface area contributed by atoms with Gasteiger partial charge in [-0.05, 0) is 53.6 Å². The predicted octanol–water partition coefficient (Wildman–Crippen LogP) is 7.79. The third-order valence-electron chi connectivity index (χ3n) is 6.76. The molecule has 6 rings (SSSR count). The van der Waals surface area contributed by atoms with E-state index in [1.807, 2.05) is 97.1 Å². The van der Waals surface area contributed by atoms with Crippen LogP contribution in [0.1, 0.15) is 15.9 Å². The Kier molecular flexibility index (Phi) is 6.02. The number of aromatic hydroxyl groups is 1. The molecule has 0 spiro atoms. The molecule has 0 radical (unpaired) electrons. The van der Waals surface area contributed by atoms with Crippen LogP contribution in [0.4, 0.5) is 0 Å². The minimum Gasteiger partial charge on any atom is -0.507 e. The first kappa shape index (κ1) is 23.4. The zero-order valence-electron chi connectivity index (χ0n) is 20.8. The number of hydrogen-bond donors (Lipinski definition) is 1. The van der Waals surface area contributed by atoms with E-state index in [-0.39, 0.29) is 5.75 Å². The van der Waals surface area contributed by atoms with Crippen LogP contribution in [0.5, 0.6) is 17.2 Å². The number of fused-ring (bicyclic) bond motifs is 3. The minimum absolute atomic E-state index is 0.107. The van der Waals surface area contributed by atoms with E-state index in [1.165, 1.54) is 7.11 Å². The Bertz CT molecular complexity index is 1770. The summed E-state index contributed by atoms with van der Waals surface area (Å²) in [6.07, 6.45) is 0. The van der Waals surface area contributed by atoms with Gasteiger partial charge >= 0.3 is 5.97 Å². The van der Waals surface area contributed by atoms with Gasteiger partial charge in [-0.2, -0.15) is 0 Å². The zero-order valence-corrected chi connectivity index (χ0v) is 20.8. The fourth-order valence-electron chi connectivity index (χ4n) is 5.01. The van der Waals surface area contributed by atoms with E-state index < -0.39 is 5.97 Å². The van der Waals surface area contributed by atoms with Gasteiger partial charge in [0.25, 0.3) is 0 Å². The summed E-state index contributed by atoms with van der Waals surface area (Å²) in [6.45, 7) is 0.464. The van der Waals surface area contributed by atoms with Gasteiger partial charge in [-0.25, -0.2) is 4.79 Å². The fraction of sp³-hybridized carbons (Fsp3) is 0.0606. The van der Waals surface area contributed by atoms with Crippen molar-refractivity contribution >= 4 is 27.8 Å². The maximum absolute atomic E-state index is 12.8. The van der Waals surface area contributed by atoms with Gasteiger partial charge in [0, 0.05) is 10.9 Å². The van der Waals surface area contributed by atoms with E-state index in [9.17, 15) is 9.90 Å². The number of hydrogen-bond acceptors (Lipinski definition) is 4. The molecule has 0 saturated heterocycles. The minimum atomic E-state index is -0.450. The van der Waals surface area contributed by atoms with Gasteiger partial charge in [-0.1, -0.05) is 72.8 Å². The zero-order chi connectivity index (χ0) is 26.1. The average Bonchev–Trinajstić information content (AvgIpc) is 3.28. The normalized spacial score (nSPS) is 11.1. The number of carbonyl (C=O) groups is 1. The van der Waals surface area contributed by atoms with Crippen molar-refractivity contribution in [2.24, 2.45) is 0 Å². The molecule has 186 valence electrons. The molecule has 38 heavy (non-hydrogen) atoms. The van der Waals surface area contributed by atoms with Crippen LogP contribution in [-0.4, -0.2) is 22.8 Å². The summed E-state index contributed by atoms with van der Waals surface area (Å²) in [5.41, 5.74) is 4.87. The lowest BCUT2D eigenvalue weighted by Gasteiger charge is -2.14. The van der Waals surface area contributed by atoms with Gasteiger partial charge in [0.05, 0.1) is 35.6 Å². The second kappa shape index (κ2) is 9.79. The molecule has 0 amide bonds. The maximum atomic E-state index is 12.8. The predicted molar refractivity (Wildman–Crippen MR) is 150 cm³/mol. The summed E-state index contributed by atoms with van der Waals surface area (Å²) in [5.74, 6) is 1.14. The second-order valence-corrected chi connectivity index (χ2v) is 9.06. The molecule has 6 aromatic rings. The second-order valence-electron chi connectivity index (χ2n) is 9.06. The van der Waals surface area contributed by atoms with Gasteiger partial charge in [0.2, 0.25) is 0 Å². The summed E-state index contributed by atoms with van der Waals surface area (Å²) in [4.78, 5) is 12.8. The molecule has 0 unspecified atom stereocenters. The Morgan fingerprint density at radius 1 is 0.737 bits per heavy atom. The smallest absolute Gasteiger partial charge is 0.338 e. The van der Waals surface area contributed by atoms with E-state index >= 15 is 0 Å². The molecule has 5 heteroatoms.